The van der Waals surface area contributed by atoms with Crippen LogP contribution < -0.4 is 10.5 Å². The molecule has 0 saturated heterocycles. The third kappa shape index (κ3) is 3.74. The third-order valence-electron chi connectivity index (χ3n) is 3.54. The van der Waals surface area contributed by atoms with Crippen LogP contribution >= 0.6 is 11.8 Å². The van der Waals surface area contributed by atoms with Gasteiger partial charge in [0.1, 0.15) is 5.75 Å². The number of thioether (sulfide) groups is 1. The van der Waals surface area contributed by atoms with Gasteiger partial charge in [-0.25, -0.2) is 9.97 Å². The maximum absolute atomic E-state index is 5.75. The fourth-order valence-electron chi connectivity index (χ4n) is 2.04. The molecular weight excluding hydrogens is 282 g/mol. The molecule has 0 radical (unpaired) electrons. The van der Waals surface area contributed by atoms with Crippen molar-refractivity contribution in [3.63, 3.8) is 0 Å². The van der Waals surface area contributed by atoms with Gasteiger partial charge in [-0.15, -0.1) is 0 Å². The van der Waals surface area contributed by atoms with E-state index in [9.17, 15) is 0 Å². The van der Waals surface area contributed by atoms with E-state index in [1.165, 1.54) is 5.56 Å². The quantitative estimate of drug-likeness (QED) is 0.679. The summed E-state index contributed by atoms with van der Waals surface area (Å²) in [6, 6.07) is 6.10. The van der Waals surface area contributed by atoms with E-state index in [2.05, 4.69) is 29.0 Å². The first-order chi connectivity index (χ1) is 10.0. The third-order valence-corrected chi connectivity index (χ3v) is 4.46. The lowest BCUT2D eigenvalue weighted by Crippen LogP contribution is -2.01. The Morgan fingerprint density at radius 1 is 1.14 bits per heavy atom. The van der Waals surface area contributed by atoms with E-state index in [0.717, 1.165) is 39.2 Å². The summed E-state index contributed by atoms with van der Waals surface area (Å²) in [5.41, 5.74) is 11.2. The molecule has 5 heteroatoms. The zero-order valence-corrected chi connectivity index (χ0v) is 13.8. The van der Waals surface area contributed by atoms with Crippen LogP contribution in [0.15, 0.2) is 23.4 Å². The number of rotatable bonds is 5. The van der Waals surface area contributed by atoms with Gasteiger partial charge in [0.15, 0.2) is 5.16 Å². The molecule has 0 spiro atoms. The molecule has 0 unspecified atom stereocenters. The standard InChI is InChI=1S/C16H21N3OS/c1-10-11(2)18-16(19-12(10)3)21-9-13-5-6-15(20-4)14(7-13)8-17/h5-7H,8-9,17H2,1-4H3. The van der Waals surface area contributed by atoms with Crippen molar-refractivity contribution in [2.45, 2.75) is 38.2 Å². The highest BCUT2D eigenvalue weighted by Gasteiger charge is 2.07. The first-order valence-corrected chi connectivity index (χ1v) is 7.84. The molecular formula is C16H21N3OS. The first kappa shape index (κ1) is 15.8. The van der Waals surface area contributed by atoms with E-state index in [-0.39, 0.29) is 0 Å². The van der Waals surface area contributed by atoms with E-state index in [4.69, 9.17) is 10.5 Å². The molecule has 0 saturated carbocycles. The molecule has 1 aromatic heterocycles. The molecule has 2 rings (SSSR count). The van der Waals surface area contributed by atoms with E-state index in [0.29, 0.717) is 6.54 Å². The largest absolute Gasteiger partial charge is 0.496 e. The van der Waals surface area contributed by atoms with Crippen molar-refractivity contribution in [1.82, 2.24) is 9.97 Å². The molecule has 0 aliphatic rings. The zero-order valence-electron chi connectivity index (χ0n) is 12.9. The summed E-state index contributed by atoms with van der Waals surface area (Å²) in [6.45, 7) is 6.57. The molecule has 4 nitrogen and oxygen atoms in total. The van der Waals surface area contributed by atoms with Crippen molar-refractivity contribution in [2.75, 3.05) is 7.11 Å². The summed E-state index contributed by atoms with van der Waals surface area (Å²) in [4.78, 5) is 9.05. The predicted molar refractivity (Wildman–Crippen MR) is 86.7 cm³/mol. The summed E-state index contributed by atoms with van der Waals surface area (Å²) in [6.07, 6.45) is 0. The Balaban J connectivity index is 2.13. The Bertz CT molecular complexity index is 620. The van der Waals surface area contributed by atoms with Gasteiger partial charge in [0, 0.05) is 29.2 Å². The maximum Gasteiger partial charge on any atom is 0.188 e. The number of aryl methyl sites for hydroxylation is 2. The summed E-state index contributed by atoms with van der Waals surface area (Å²) < 4.78 is 5.29. The molecule has 0 amide bonds. The minimum Gasteiger partial charge on any atom is -0.496 e. The van der Waals surface area contributed by atoms with Gasteiger partial charge in [-0.05, 0) is 44.0 Å². The van der Waals surface area contributed by atoms with Crippen molar-refractivity contribution in [3.05, 3.63) is 46.3 Å². The summed E-state index contributed by atoms with van der Waals surface area (Å²) in [7, 11) is 1.66. The minimum atomic E-state index is 0.473. The molecule has 0 bridgehead atoms. The van der Waals surface area contributed by atoms with E-state index in [1.54, 1.807) is 18.9 Å². The molecule has 21 heavy (non-hydrogen) atoms. The maximum atomic E-state index is 5.75. The average molecular weight is 303 g/mol. The average Bonchev–Trinajstić information content (AvgIpc) is 2.50. The molecule has 0 fully saturated rings. The van der Waals surface area contributed by atoms with E-state index >= 15 is 0 Å². The predicted octanol–water partition coefficient (Wildman–Crippen LogP) is 3.16. The van der Waals surface area contributed by atoms with Crippen molar-refractivity contribution in [2.24, 2.45) is 5.73 Å². The van der Waals surface area contributed by atoms with Gasteiger partial charge in [0.05, 0.1) is 7.11 Å². The van der Waals surface area contributed by atoms with Crippen LogP contribution in [0.25, 0.3) is 0 Å². The second-order valence-corrected chi connectivity index (χ2v) is 5.88. The number of ether oxygens (including phenoxy) is 1. The Kier molecular flexibility index (Phi) is 5.20. The van der Waals surface area contributed by atoms with Crippen LogP contribution in [0.5, 0.6) is 5.75 Å². The topological polar surface area (TPSA) is 61.0 Å². The van der Waals surface area contributed by atoms with Crippen LogP contribution in [0.1, 0.15) is 28.1 Å². The monoisotopic (exact) mass is 303 g/mol. The van der Waals surface area contributed by atoms with Gasteiger partial charge in [-0.2, -0.15) is 0 Å². The number of methoxy groups -OCH3 is 1. The van der Waals surface area contributed by atoms with Crippen LogP contribution in [0.2, 0.25) is 0 Å². The van der Waals surface area contributed by atoms with Gasteiger partial charge in [-0.1, -0.05) is 17.8 Å². The van der Waals surface area contributed by atoms with Crippen LogP contribution in [-0.4, -0.2) is 17.1 Å². The van der Waals surface area contributed by atoms with Crippen LogP contribution in [0.4, 0.5) is 0 Å². The highest BCUT2D eigenvalue weighted by molar-refractivity contribution is 7.98. The number of nitrogens with zero attached hydrogens (tertiary/aromatic N) is 2. The normalized spacial score (nSPS) is 10.7. The smallest absolute Gasteiger partial charge is 0.188 e. The second kappa shape index (κ2) is 6.91. The fourth-order valence-corrected chi connectivity index (χ4v) is 2.91. The van der Waals surface area contributed by atoms with Crippen molar-refractivity contribution < 1.29 is 4.74 Å². The Morgan fingerprint density at radius 3 is 2.38 bits per heavy atom. The first-order valence-electron chi connectivity index (χ1n) is 6.85. The second-order valence-electron chi connectivity index (χ2n) is 4.94. The molecule has 2 aromatic rings. The summed E-state index contributed by atoms with van der Waals surface area (Å²) >= 11 is 1.64. The summed E-state index contributed by atoms with van der Waals surface area (Å²) in [5.74, 6) is 1.66. The lowest BCUT2D eigenvalue weighted by atomic mass is 10.1. The van der Waals surface area contributed by atoms with Crippen molar-refractivity contribution >= 4 is 11.8 Å². The molecule has 0 aliphatic carbocycles. The van der Waals surface area contributed by atoms with Crippen LogP contribution in [-0.2, 0) is 12.3 Å². The Hall–Kier alpha value is -1.59. The van der Waals surface area contributed by atoms with Crippen LogP contribution in [0.3, 0.4) is 0 Å². The van der Waals surface area contributed by atoms with E-state index in [1.807, 2.05) is 19.9 Å². The minimum absolute atomic E-state index is 0.473. The molecule has 1 heterocycles. The van der Waals surface area contributed by atoms with Crippen molar-refractivity contribution in [3.8, 4) is 5.75 Å². The molecule has 0 atom stereocenters. The van der Waals surface area contributed by atoms with Gasteiger partial charge in [0.25, 0.3) is 0 Å². The molecule has 1 aromatic carbocycles. The zero-order chi connectivity index (χ0) is 15.4. The molecule has 0 aliphatic heterocycles. The van der Waals surface area contributed by atoms with Gasteiger partial charge in [-0.3, -0.25) is 0 Å². The number of nitrogens with two attached hydrogens (primary N) is 1. The highest BCUT2D eigenvalue weighted by Crippen LogP contribution is 2.25. The highest BCUT2D eigenvalue weighted by atomic mass is 32.2. The Morgan fingerprint density at radius 2 is 1.81 bits per heavy atom. The summed E-state index contributed by atoms with van der Waals surface area (Å²) in [5, 5.41) is 0.820. The van der Waals surface area contributed by atoms with Gasteiger partial charge >= 0.3 is 0 Å². The molecule has 2 N–H and O–H groups in total. The number of benzene rings is 1. The van der Waals surface area contributed by atoms with E-state index < -0.39 is 0 Å². The SMILES string of the molecule is COc1ccc(CSc2nc(C)c(C)c(C)n2)cc1CN. The lowest BCUT2D eigenvalue weighted by molar-refractivity contribution is 0.409. The number of hydrogen-bond acceptors (Lipinski definition) is 5. The number of hydrogen-bond donors (Lipinski definition) is 1. The number of aromatic nitrogens is 2. The Labute approximate surface area is 130 Å². The fraction of sp³-hybridized carbons (Fsp3) is 0.375. The van der Waals surface area contributed by atoms with Gasteiger partial charge < -0.3 is 10.5 Å². The van der Waals surface area contributed by atoms with Crippen molar-refractivity contribution in [1.29, 1.82) is 0 Å². The van der Waals surface area contributed by atoms with Gasteiger partial charge in [0.2, 0.25) is 0 Å². The van der Waals surface area contributed by atoms with Crippen LogP contribution in [0, 0.1) is 20.8 Å². The molecule has 112 valence electrons. The lowest BCUT2D eigenvalue weighted by Gasteiger charge is -2.10.